The van der Waals surface area contributed by atoms with E-state index >= 15 is 4.79 Å². The van der Waals surface area contributed by atoms with Gasteiger partial charge in [0.25, 0.3) is 11.8 Å². The number of hydrogen-bond acceptors (Lipinski definition) is 13. The molecule has 0 radical (unpaired) electrons. The molecule has 0 spiro atoms. The molecule has 7 fully saturated rings. The third-order valence-corrected chi connectivity index (χ3v) is 16.5. The number of carbonyl (C=O) groups excluding carboxylic acids is 3. The van der Waals surface area contributed by atoms with Gasteiger partial charge >= 0.3 is 5.97 Å². The van der Waals surface area contributed by atoms with Crippen molar-refractivity contribution in [3.63, 3.8) is 0 Å². The Kier molecular flexibility index (Phi) is 11.6. The van der Waals surface area contributed by atoms with Crippen LogP contribution >= 0.6 is 11.3 Å². The molecule has 4 aromatic rings. The van der Waals surface area contributed by atoms with Crippen molar-refractivity contribution in [3.05, 3.63) is 57.7 Å². The molecule has 2 N–H and O–H groups in total. The Morgan fingerprint density at radius 2 is 1.86 bits per heavy atom. The zero-order valence-electron chi connectivity index (χ0n) is 39.0. The largest absolute Gasteiger partial charge is 0.464 e. The van der Waals surface area contributed by atoms with Gasteiger partial charge in [0.05, 0.1) is 61.7 Å². The number of thiazole rings is 1. The smallest absolute Gasteiger partial charge is 0.324 e. The summed E-state index contributed by atoms with van der Waals surface area (Å²) in [6.07, 6.45) is 7.88. The van der Waals surface area contributed by atoms with E-state index in [9.17, 15) is 9.59 Å². The van der Waals surface area contributed by atoms with Crippen LogP contribution in [0.4, 0.5) is 0 Å². The molecule has 0 unspecified atom stereocenters. The van der Waals surface area contributed by atoms with Crippen molar-refractivity contribution in [3.8, 4) is 22.5 Å². The normalized spacial score (nSPS) is 30.0. The summed E-state index contributed by atoms with van der Waals surface area (Å²) in [7, 11) is 3.92. The summed E-state index contributed by atoms with van der Waals surface area (Å²) in [5.41, 5.74) is 10.2. The molecule has 2 amide bonds. The highest BCUT2D eigenvalue weighted by atomic mass is 32.1. The van der Waals surface area contributed by atoms with Gasteiger partial charge in [-0.25, -0.2) is 10.4 Å². The quantitative estimate of drug-likeness (QED) is 0.201. The van der Waals surface area contributed by atoms with Crippen LogP contribution in [0.5, 0.6) is 0 Å². The summed E-state index contributed by atoms with van der Waals surface area (Å²) in [6.45, 7) is 12.3. The van der Waals surface area contributed by atoms with Crippen molar-refractivity contribution in [2.45, 2.75) is 114 Å². The number of nitrogens with zero attached hydrogens (tertiary/aromatic N) is 6. The summed E-state index contributed by atoms with van der Waals surface area (Å²) in [5.74, 6) is -0.192. The predicted octanol–water partition coefficient (Wildman–Crippen LogP) is 5.95. The predicted molar refractivity (Wildman–Crippen MR) is 250 cm³/mol. The number of likely N-dealkylation sites (N-methyl/N-ethyl adjacent to an activating group) is 1. The van der Waals surface area contributed by atoms with E-state index in [1.54, 1.807) is 12.1 Å². The van der Waals surface area contributed by atoms with Crippen LogP contribution in [0.3, 0.4) is 0 Å². The van der Waals surface area contributed by atoms with Crippen molar-refractivity contribution >= 4 is 40.0 Å². The van der Waals surface area contributed by atoms with Crippen LogP contribution in [0.15, 0.2) is 35.8 Å². The number of pyridine rings is 1. The van der Waals surface area contributed by atoms with Crippen LogP contribution in [-0.2, 0) is 39.8 Å². The monoisotopic (exact) mass is 920 g/mol. The maximum atomic E-state index is 15.1. The molecule has 1 saturated carbocycles. The summed E-state index contributed by atoms with van der Waals surface area (Å²) >= 11 is 1.53. The van der Waals surface area contributed by atoms with Crippen LogP contribution in [-0.4, -0.2) is 138 Å². The van der Waals surface area contributed by atoms with E-state index in [1.165, 1.54) is 16.9 Å². The summed E-state index contributed by atoms with van der Waals surface area (Å²) in [4.78, 5) is 58.8. The van der Waals surface area contributed by atoms with Gasteiger partial charge in [0, 0.05) is 59.2 Å². The Balaban J connectivity index is 1.08. The highest BCUT2D eigenvalue weighted by molar-refractivity contribution is 7.10. The molecule has 3 aromatic heterocycles. The number of fused-ring (bicyclic) bond motifs is 7. The maximum Gasteiger partial charge on any atom is 0.324 e. The maximum absolute atomic E-state index is 15.1. The first-order valence-electron chi connectivity index (χ1n) is 24.2. The molecule has 12 rings (SSSR count). The Hall–Kier alpha value is -4.29. The molecule has 6 saturated heterocycles. The minimum absolute atomic E-state index is 0.105. The molecule has 10 heterocycles. The average molecular weight is 921 g/mol. The Labute approximate surface area is 390 Å². The standard InChI is InChI=1S/C50H64N8O7S/c1-29(62-5)41-36(18-33(22-51-41)32-12-16-55(4)23-32)43-37-21-49(2,3)28-64-47(60)38-9-8-15-57(54-38)46(59)42(53-48(61)50-19-30(20-50)24-65-50)44(56-13-6-7-14-56)45-52-39(27-66-45)31-10-11-40(35(37)17-31)58(43)34-25-63-26-34/h10-11,17-18,22,27,29-30,32,34,38,42,44,54H,6-9,12-16,19-21,23-26,28H2,1-5H3,(H,53,61)/t29-,30?,32+,38-,42-,44-,50?/m0/s1. The lowest BCUT2D eigenvalue weighted by Gasteiger charge is -2.41. The lowest BCUT2D eigenvalue weighted by atomic mass is 9.74. The summed E-state index contributed by atoms with van der Waals surface area (Å²) in [5, 5.41) is 8.76. The van der Waals surface area contributed by atoms with E-state index in [4.69, 9.17) is 28.9 Å². The van der Waals surface area contributed by atoms with Crippen molar-refractivity contribution in [1.29, 1.82) is 0 Å². The van der Waals surface area contributed by atoms with Crippen molar-refractivity contribution < 1.29 is 33.3 Å². The van der Waals surface area contributed by atoms with Gasteiger partial charge in [-0.1, -0.05) is 19.9 Å². The lowest BCUT2D eigenvalue weighted by molar-refractivity contribution is -0.157. The third-order valence-electron chi connectivity index (χ3n) is 15.6. The molecule has 352 valence electrons. The fourth-order valence-electron chi connectivity index (χ4n) is 11.8. The van der Waals surface area contributed by atoms with Gasteiger partial charge in [-0.05, 0) is 126 Å². The summed E-state index contributed by atoms with van der Waals surface area (Å²) < 4.78 is 26.8. The number of amides is 2. The Morgan fingerprint density at radius 1 is 1.05 bits per heavy atom. The number of hydrazine groups is 1. The minimum atomic E-state index is -0.972. The number of methoxy groups -OCH3 is 1. The number of cyclic esters (lactones) is 1. The van der Waals surface area contributed by atoms with Crippen LogP contribution in [0, 0.1) is 11.3 Å². The van der Waals surface area contributed by atoms with E-state index in [0.717, 1.165) is 95.1 Å². The fourth-order valence-corrected chi connectivity index (χ4v) is 12.8. The molecular weight excluding hydrogens is 857 g/mol. The molecule has 8 bridgehead atoms. The van der Waals surface area contributed by atoms with E-state index in [-0.39, 0.29) is 30.6 Å². The van der Waals surface area contributed by atoms with E-state index in [2.05, 4.69) is 88.8 Å². The number of carbonyl (C=O) groups is 3. The number of hydrogen-bond donors (Lipinski definition) is 2. The van der Waals surface area contributed by atoms with Gasteiger partial charge in [-0.3, -0.25) is 29.3 Å². The van der Waals surface area contributed by atoms with E-state index in [1.807, 2.05) is 0 Å². The zero-order chi connectivity index (χ0) is 45.5. The van der Waals surface area contributed by atoms with Crippen LogP contribution in [0.1, 0.15) is 112 Å². The van der Waals surface area contributed by atoms with Gasteiger partial charge in [0.1, 0.15) is 22.7 Å². The molecule has 7 aliphatic heterocycles. The average Bonchev–Trinajstić information content (AvgIpc) is 4.17. The topological polar surface area (TPSA) is 153 Å². The second-order valence-electron chi connectivity index (χ2n) is 21.0. The SMILES string of the molecule is CO[C@@H](C)c1ncc([C@@H]2CCN(C)C2)cc1-c1c2c3cc(ccc3n1C1COC1)-c1csc(n1)[C@@H](N1CCCC1)[C@H](NC(=O)C13CC(CO1)C3)C(=O)N1CCC[C@H](N1)C(=O)OCC(C)(C)C2. The Bertz CT molecular complexity index is 2520. The number of rotatable bonds is 8. The number of benzene rings is 1. The number of likely N-dealkylation sites (tertiary alicyclic amines) is 2. The molecule has 5 atom stereocenters. The van der Waals surface area contributed by atoms with Crippen molar-refractivity contribution in [1.82, 2.24) is 40.1 Å². The molecule has 15 nitrogen and oxygen atoms in total. The van der Waals surface area contributed by atoms with Crippen LogP contribution < -0.4 is 10.7 Å². The van der Waals surface area contributed by atoms with Gasteiger partial charge in [-0.2, -0.15) is 0 Å². The molecular formula is C50H64N8O7S. The first-order chi connectivity index (χ1) is 31.9. The molecule has 16 heteroatoms. The van der Waals surface area contributed by atoms with E-state index in [0.29, 0.717) is 70.3 Å². The van der Waals surface area contributed by atoms with Gasteiger partial charge in [0.2, 0.25) is 0 Å². The number of nitrogens with one attached hydrogen (secondary N) is 2. The van der Waals surface area contributed by atoms with Crippen LogP contribution in [0.25, 0.3) is 33.4 Å². The highest BCUT2D eigenvalue weighted by Gasteiger charge is 2.58. The van der Waals surface area contributed by atoms with Gasteiger partial charge < -0.3 is 33.7 Å². The summed E-state index contributed by atoms with van der Waals surface area (Å²) in [6, 6.07) is 6.90. The minimum Gasteiger partial charge on any atom is -0.464 e. The first-order valence-corrected chi connectivity index (χ1v) is 25.1. The highest BCUT2D eigenvalue weighted by Crippen LogP contribution is 2.49. The molecule has 1 aliphatic carbocycles. The number of aromatic nitrogens is 3. The molecule has 8 aliphatic rings. The fraction of sp³-hybridized carbons (Fsp3) is 0.620. The lowest BCUT2D eigenvalue weighted by Crippen LogP contribution is -2.64. The number of ether oxygens (including phenoxy) is 4. The van der Waals surface area contributed by atoms with Crippen molar-refractivity contribution in [2.24, 2.45) is 11.3 Å². The van der Waals surface area contributed by atoms with Crippen molar-refractivity contribution in [2.75, 3.05) is 73.3 Å². The second-order valence-corrected chi connectivity index (χ2v) is 21.9. The zero-order valence-corrected chi connectivity index (χ0v) is 39.8. The number of esters is 1. The molecule has 66 heavy (non-hydrogen) atoms. The van der Waals surface area contributed by atoms with Gasteiger partial charge in [0.15, 0.2) is 0 Å². The van der Waals surface area contributed by atoms with E-state index < -0.39 is 35.1 Å². The third kappa shape index (κ3) is 7.87. The Morgan fingerprint density at radius 3 is 2.58 bits per heavy atom. The molecule has 1 aromatic carbocycles. The van der Waals surface area contributed by atoms with Crippen LogP contribution in [0.2, 0.25) is 0 Å². The first kappa shape index (κ1) is 44.2. The second kappa shape index (κ2) is 17.3. The van der Waals surface area contributed by atoms with Gasteiger partial charge in [-0.15, -0.1) is 11.3 Å².